The Morgan fingerprint density at radius 3 is 2.90 bits per heavy atom. The minimum absolute atomic E-state index is 0.0296. The van der Waals surface area contributed by atoms with Crippen LogP contribution in [0.2, 0.25) is 0 Å². The molecule has 0 unspecified atom stereocenters. The van der Waals surface area contributed by atoms with E-state index in [-0.39, 0.29) is 23.1 Å². The summed E-state index contributed by atoms with van der Waals surface area (Å²) in [6.07, 6.45) is 0.781. The van der Waals surface area contributed by atoms with Crippen molar-refractivity contribution >= 4 is 34.4 Å². The second-order valence-corrected chi connectivity index (χ2v) is 6.77. The van der Waals surface area contributed by atoms with Crippen molar-refractivity contribution in [1.82, 2.24) is 14.7 Å². The van der Waals surface area contributed by atoms with Crippen molar-refractivity contribution in [2.45, 2.75) is 26.4 Å². The molecule has 2 aromatic heterocycles. The van der Waals surface area contributed by atoms with E-state index in [1.807, 2.05) is 6.07 Å². The van der Waals surface area contributed by atoms with Crippen molar-refractivity contribution < 1.29 is 9.59 Å². The number of nitrogens with zero attached hydrogens (tertiary/aromatic N) is 3. The topological polar surface area (TPSA) is 72.3 Å². The smallest absolute Gasteiger partial charge is 0.325 e. The third-order valence-corrected chi connectivity index (χ3v) is 5.32. The molecule has 0 saturated carbocycles. The van der Waals surface area contributed by atoms with E-state index in [0.29, 0.717) is 18.0 Å². The number of hydrogen-bond donors (Lipinski definition) is 0. The van der Waals surface area contributed by atoms with Crippen molar-refractivity contribution in [3.63, 3.8) is 0 Å². The quantitative estimate of drug-likeness (QED) is 0.795. The average molecular weight is 323 g/mol. The zero-order valence-corrected chi connectivity index (χ0v) is 13.0. The van der Waals surface area contributed by atoms with E-state index in [1.54, 1.807) is 11.8 Å². The van der Waals surface area contributed by atoms with Gasteiger partial charge in [-0.3, -0.25) is 14.4 Å². The number of Topliss-reactive ketones (excluding diaryl/α,β-unsaturated/α-hetero) is 1. The van der Waals surface area contributed by atoms with E-state index in [9.17, 15) is 14.4 Å². The Balaban J connectivity index is 1.79. The van der Waals surface area contributed by atoms with Gasteiger partial charge in [-0.05, 0) is 18.1 Å². The minimum atomic E-state index is -0.229. The van der Waals surface area contributed by atoms with Gasteiger partial charge in [0.05, 0.1) is 4.88 Å². The number of carbonyl (C=O) groups excluding carboxylic acids is 2. The third-order valence-electron chi connectivity index (χ3n) is 3.43. The van der Waals surface area contributed by atoms with E-state index in [0.717, 1.165) is 28.2 Å². The van der Waals surface area contributed by atoms with Gasteiger partial charge in [-0.15, -0.1) is 11.3 Å². The first-order chi connectivity index (χ1) is 10.0. The molecule has 3 heterocycles. The van der Waals surface area contributed by atoms with Gasteiger partial charge in [0.25, 0.3) is 0 Å². The number of hydrogen-bond acceptors (Lipinski definition) is 6. The predicted molar refractivity (Wildman–Crippen MR) is 79.8 cm³/mol. The lowest BCUT2D eigenvalue weighted by molar-refractivity contribution is -0.129. The number of carbonyl (C=O) groups is 2. The van der Waals surface area contributed by atoms with E-state index < -0.39 is 0 Å². The number of thiophene rings is 1. The number of ketones is 1. The zero-order chi connectivity index (χ0) is 15.0. The van der Waals surface area contributed by atoms with Gasteiger partial charge in [0, 0.05) is 24.9 Å². The summed E-state index contributed by atoms with van der Waals surface area (Å²) in [7, 11) is 0. The van der Waals surface area contributed by atoms with E-state index in [2.05, 4.69) is 5.10 Å². The summed E-state index contributed by atoms with van der Waals surface area (Å²) in [4.78, 5) is 38.4. The third kappa shape index (κ3) is 2.81. The van der Waals surface area contributed by atoms with Gasteiger partial charge in [0.1, 0.15) is 12.1 Å². The highest BCUT2D eigenvalue weighted by atomic mass is 32.1. The molecule has 0 atom stereocenters. The summed E-state index contributed by atoms with van der Waals surface area (Å²) < 4.78 is 1.17. The maximum atomic E-state index is 12.2. The molecule has 2 aromatic rings. The first kappa shape index (κ1) is 14.2. The van der Waals surface area contributed by atoms with Gasteiger partial charge in [0.2, 0.25) is 5.91 Å². The first-order valence-corrected chi connectivity index (χ1v) is 8.15. The summed E-state index contributed by atoms with van der Waals surface area (Å²) in [5.41, 5.74) is 2.47. The van der Waals surface area contributed by atoms with Crippen LogP contribution in [-0.2, 0) is 24.3 Å². The van der Waals surface area contributed by atoms with E-state index in [1.165, 1.54) is 21.5 Å². The Labute approximate surface area is 128 Å². The summed E-state index contributed by atoms with van der Waals surface area (Å²) in [6.45, 7) is 2.78. The second-order valence-electron chi connectivity index (χ2n) is 4.84. The van der Waals surface area contributed by atoms with Crippen LogP contribution in [0.15, 0.2) is 16.4 Å². The molecule has 6 nitrogen and oxygen atoms in total. The number of fused-ring (bicyclic) bond motifs is 1. The molecule has 0 aliphatic carbocycles. The van der Waals surface area contributed by atoms with Crippen LogP contribution in [0, 0.1) is 0 Å². The molecule has 110 valence electrons. The molecule has 1 aliphatic heterocycles. The molecule has 21 heavy (non-hydrogen) atoms. The lowest BCUT2D eigenvalue weighted by atomic mass is 10.1. The lowest BCUT2D eigenvalue weighted by Gasteiger charge is -2.25. The van der Waals surface area contributed by atoms with Crippen LogP contribution in [0.1, 0.15) is 27.0 Å². The molecule has 1 amide bonds. The Bertz CT molecular complexity index is 759. The van der Waals surface area contributed by atoms with Crippen LogP contribution in [-0.4, -0.2) is 32.9 Å². The predicted octanol–water partition coefficient (Wildman–Crippen LogP) is 1.15. The minimum Gasteiger partial charge on any atom is -0.338 e. The van der Waals surface area contributed by atoms with Gasteiger partial charge in [-0.1, -0.05) is 11.3 Å². The molecule has 0 N–H and O–H groups in total. The molecule has 3 rings (SSSR count). The van der Waals surface area contributed by atoms with E-state index >= 15 is 0 Å². The van der Waals surface area contributed by atoms with Gasteiger partial charge in [-0.25, -0.2) is 4.68 Å². The van der Waals surface area contributed by atoms with Crippen LogP contribution in [0.3, 0.4) is 0 Å². The van der Waals surface area contributed by atoms with Crippen LogP contribution in [0.5, 0.6) is 0 Å². The fourth-order valence-corrected chi connectivity index (χ4v) is 3.87. The van der Waals surface area contributed by atoms with Crippen molar-refractivity contribution in [2.75, 3.05) is 6.54 Å². The fraction of sp³-hybridized carbons (Fsp3) is 0.385. The lowest BCUT2D eigenvalue weighted by Crippen LogP contribution is -2.33. The summed E-state index contributed by atoms with van der Waals surface area (Å²) in [5, 5.41) is 3.85. The van der Waals surface area contributed by atoms with Crippen LogP contribution in [0.25, 0.3) is 0 Å². The maximum absolute atomic E-state index is 12.2. The number of rotatable bonds is 3. The molecule has 0 saturated heterocycles. The Hall–Kier alpha value is -1.80. The summed E-state index contributed by atoms with van der Waals surface area (Å²) in [6, 6.07) is 1.84. The fourth-order valence-electron chi connectivity index (χ4n) is 2.29. The van der Waals surface area contributed by atoms with Crippen LogP contribution < -0.4 is 4.87 Å². The van der Waals surface area contributed by atoms with E-state index in [4.69, 9.17) is 0 Å². The largest absolute Gasteiger partial charge is 0.338 e. The van der Waals surface area contributed by atoms with Gasteiger partial charge < -0.3 is 4.90 Å². The molecule has 8 heteroatoms. The highest BCUT2D eigenvalue weighted by molar-refractivity contribution is 7.14. The molecule has 0 bridgehead atoms. The maximum Gasteiger partial charge on any atom is 0.325 e. The molecular formula is C13H13N3O3S2. The monoisotopic (exact) mass is 323 g/mol. The first-order valence-electron chi connectivity index (χ1n) is 6.45. The summed E-state index contributed by atoms with van der Waals surface area (Å²) >= 11 is 2.43. The van der Waals surface area contributed by atoms with Crippen molar-refractivity contribution in [3.05, 3.63) is 36.6 Å². The zero-order valence-electron chi connectivity index (χ0n) is 11.4. The van der Waals surface area contributed by atoms with Crippen molar-refractivity contribution in [2.24, 2.45) is 0 Å². The standard InChI is InChI=1S/C13H13N3O3S2/c1-8(17)15-3-2-11-9(5-15)4-12(21-11)10(18)6-16-13(19)20-7-14-16/h4,7H,2-3,5-6H2,1H3. The second kappa shape index (κ2) is 5.53. The molecule has 0 fully saturated rings. The molecule has 0 spiro atoms. The highest BCUT2D eigenvalue weighted by Gasteiger charge is 2.22. The van der Waals surface area contributed by atoms with Crippen LogP contribution in [0.4, 0.5) is 0 Å². The molecule has 1 aliphatic rings. The van der Waals surface area contributed by atoms with Gasteiger partial charge >= 0.3 is 4.87 Å². The highest BCUT2D eigenvalue weighted by Crippen LogP contribution is 2.28. The summed E-state index contributed by atoms with van der Waals surface area (Å²) in [5.74, 6) is -0.0643. The van der Waals surface area contributed by atoms with Gasteiger partial charge in [0.15, 0.2) is 5.78 Å². The van der Waals surface area contributed by atoms with Crippen LogP contribution >= 0.6 is 22.7 Å². The Kier molecular flexibility index (Phi) is 3.73. The van der Waals surface area contributed by atoms with Crippen molar-refractivity contribution in [3.8, 4) is 0 Å². The number of amides is 1. The average Bonchev–Trinajstić information content (AvgIpc) is 3.04. The number of aromatic nitrogens is 2. The molecule has 0 radical (unpaired) electrons. The Morgan fingerprint density at radius 2 is 2.24 bits per heavy atom. The SMILES string of the molecule is CC(=O)N1CCc2sc(C(=O)Cn3ncsc3=O)cc2C1. The Morgan fingerprint density at radius 1 is 1.43 bits per heavy atom. The van der Waals surface area contributed by atoms with Crippen molar-refractivity contribution in [1.29, 1.82) is 0 Å². The normalized spacial score (nSPS) is 14.0. The molecular weight excluding hydrogens is 310 g/mol. The van der Waals surface area contributed by atoms with Gasteiger partial charge in [-0.2, -0.15) is 5.10 Å². The molecule has 0 aromatic carbocycles.